The summed E-state index contributed by atoms with van der Waals surface area (Å²) in [5.74, 6) is -0.946. The van der Waals surface area contributed by atoms with Gasteiger partial charge in [0, 0.05) is 4.88 Å². The minimum atomic E-state index is -0.504. The van der Waals surface area contributed by atoms with Crippen LogP contribution in [0.5, 0.6) is 0 Å². The molecule has 1 aliphatic heterocycles. The number of thiocarbonyl (C=S) groups is 1. The Labute approximate surface area is 153 Å². The lowest BCUT2D eigenvalue weighted by Gasteiger charge is -2.30. The molecule has 0 unspecified atom stereocenters. The summed E-state index contributed by atoms with van der Waals surface area (Å²) in [7, 11) is 0. The van der Waals surface area contributed by atoms with Gasteiger partial charge in [-0.1, -0.05) is 23.7 Å². The third kappa shape index (κ3) is 3.00. The highest BCUT2D eigenvalue weighted by Gasteiger charge is 2.35. The molecule has 24 heavy (non-hydrogen) atoms. The molecule has 0 bridgehead atoms. The molecule has 1 N–H and O–H groups in total. The Morgan fingerprint density at radius 3 is 2.62 bits per heavy atom. The molecule has 1 aliphatic rings. The number of aryl methyl sites for hydroxylation is 1. The van der Waals surface area contributed by atoms with Crippen LogP contribution in [0.1, 0.15) is 16.0 Å². The van der Waals surface area contributed by atoms with Crippen LogP contribution in [0.15, 0.2) is 35.9 Å². The van der Waals surface area contributed by atoms with E-state index in [1.54, 1.807) is 12.1 Å². The normalized spacial score (nSPS) is 16.7. The molecule has 7 heteroatoms. The molecule has 0 radical (unpaired) electrons. The number of nitrogens with zero attached hydrogens (tertiary/aromatic N) is 1. The number of halogens is 1. The average Bonchev–Trinajstić information content (AvgIpc) is 2.93. The number of hydrogen-bond donors (Lipinski definition) is 1. The van der Waals surface area contributed by atoms with Gasteiger partial charge in [0.1, 0.15) is 5.57 Å². The van der Waals surface area contributed by atoms with E-state index >= 15 is 0 Å². The summed E-state index contributed by atoms with van der Waals surface area (Å²) >= 11 is 12.4. The second kappa shape index (κ2) is 6.47. The first-order valence-corrected chi connectivity index (χ1v) is 8.72. The largest absolute Gasteiger partial charge is 0.298 e. The fourth-order valence-corrected chi connectivity index (χ4v) is 3.68. The van der Waals surface area contributed by atoms with Crippen LogP contribution in [0, 0.1) is 13.8 Å². The van der Waals surface area contributed by atoms with Crippen molar-refractivity contribution in [3.8, 4) is 0 Å². The van der Waals surface area contributed by atoms with E-state index in [4.69, 9.17) is 23.8 Å². The van der Waals surface area contributed by atoms with E-state index in [1.807, 2.05) is 32.0 Å². The van der Waals surface area contributed by atoms with Crippen LogP contribution in [0.4, 0.5) is 5.69 Å². The van der Waals surface area contributed by atoms with E-state index < -0.39 is 11.8 Å². The summed E-state index contributed by atoms with van der Waals surface area (Å²) in [5.41, 5.74) is 2.67. The number of hydrogen-bond acceptors (Lipinski definition) is 4. The Morgan fingerprint density at radius 1 is 1.21 bits per heavy atom. The average molecular weight is 377 g/mol. The highest BCUT2D eigenvalue weighted by atomic mass is 35.5. The summed E-state index contributed by atoms with van der Waals surface area (Å²) in [4.78, 5) is 27.2. The van der Waals surface area contributed by atoms with Gasteiger partial charge >= 0.3 is 0 Å². The second-order valence-electron chi connectivity index (χ2n) is 5.32. The molecule has 0 aliphatic carbocycles. The van der Waals surface area contributed by atoms with Gasteiger partial charge in [-0.3, -0.25) is 19.8 Å². The first-order chi connectivity index (χ1) is 11.4. The summed E-state index contributed by atoms with van der Waals surface area (Å²) in [6.07, 6.45) is 1.54. The fourth-order valence-electron chi connectivity index (χ4n) is 2.40. The van der Waals surface area contributed by atoms with E-state index in [2.05, 4.69) is 5.32 Å². The van der Waals surface area contributed by atoms with Crippen LogP contribution < -0.4 is 10.2 Å². The zero-order chi connectivity index (χ0) is 17.4. The van der Waals surface area contributed by atoms with Crippen LogP contribution >= 0.6 is 35.2 Å². The summed E-state index contributed by atoms with van der Waals surface area (Å²) < 4.78 is 0.590. The van der Waals surface area contributed by atoms with Gasteiger partial charge in [-0.25, -0.2) is 0 Å². The molecular formula is C17H13ClN2O2S2. The van der Waals surface area contributed by atoms with Crippen LogP contribution in [-0.4, -0.2) is 16.9 Å². The number of carbonyl (C=O) groups is 2. The third-order valence-electron chi connectivity index (χ3n) is 3.80. The van der Waals surface area contributed by atoms with Gasteiger partial charge in [-0.2, -0.15) is 0 Å². The maximum atomic E-state index is 12.9. The number of benzene rings is 1. The number of thiophene rings is 1. The van der Waals surface area contributed by atoms with E-state index in [-0.39, 0.29) is 10.7 Å². The minimum absolute atomic E-state index is 0.0306. The molecule has 2 heterocycles. The van der Waals surface area contributed by atoms with Gasteiger partial charge in [0.05, 0.1) is 10.0 Å². The first kappa shape index (κ1) is 16.8. The van der Waals surface area contributed by atoms with Crippen molar-refractivity contribution in [3.05, 3.63) is 56.2 Å². The maximum Gasteiger partial charge on any atom is 0.270 e. The quantitative estimate of drug-likeness (QED) is 0.492. The highest BCUT2D eigenvalue weighted by molar-refractivity contribution is 7.80. The number of amides is 2. The highest BCUT2D eigenvalue weighted by Crippen LogP contribution is 2.28. The molecule has 1 aromatic heterocycles. The van der Waals surface area contributed by atoms with Crippen molar-refractivity contribution in [1.29, 1.82) is 0 Å². The van der Waals surface area contributed by atoms with Crippen molar-refractivity contribution in [2.24, 2.45) is 0 Å². The molecular weight excluding hydrogens is 364 g/mol. The summed E-state index contributed by atoms with van der Waals surface area (Å²) in [6, 6.07) is 9.10. The van der Waals surface area contributed by atoms with E-state index in [9.17, 15) is 9.59 Å². The maximum absolute atomic E-state index is 12.9. The predicted octanol–water partition coefficient (Wildman–Crippen LogP) is 3.85. The van der Waals surface area contributed by atoms with E-state index in [0.717, 1.165) is 16.0 Å². The van der Waals surface area contributed by atoms with Gasteiger partial charge in [0.15, 0.2) is 5.11 Å². The zero-order valence-electron chi connectivity index (χ0n) is 12.9. The molecule has 0 atom stereocenters. The Bertz CT molecular complexity index is 902. The Hall–Kier alpha value is -2.02. The molecule has 1 saturated heterocycles. The molecule has 122 valence electrons. The summed E-state index contributed by atoms with van der Waals surface area (Å²) in [6.45, 7) is 3.87. The Morgan fingerprint density at radius 2 is 1.96 bits per heavy atom. The zero-order valence-corrected chi connectivity index (χ0v) is 15.3. The van der Waals surface area contributed by atoms with Crippen LogP contribution in [0.3, 0.4) is 0 Å². The van der Waals surface area contributed by atoms with Gasteiger partial charge in [-0.15, -0.1) is 11.3 Å². The molecule has 2 aromatic rings. The van der Waals surface area contributed by atoms with Gasteiger partial charge in [0.2, 0.25) is 0 Å². The van der Waals surface area contributed by atoms with Crippen molar-refractivity contribution in [1.82, 2.24) is 5.32 Å². The van der Waals surface area contributed by atoms with E-state index in [1.165, 1.54) is 22.3 Å². The summed E-state index contributed by atoms with van der Waals surface area (Å²) in [5, 5.41) is 2.67. The van der Waals surface area contributed by atoms with Crippen molar-refractivity contribution < 1.29 is 9.59 Å². The first-order valence-electron chi connectivity index (χ1n) is 7.11. The molecule has 0 saturated carbocycles. The standard InChI is InChI=1S/C17H13ClN2O2S2/c1-9-4-3-5-13(10(9)2)20-16(22)12(15(21)19-17(20)23)8-11-6-7-14(18)24-11/h3-8H,1-2H3,(H,19,21,23)/b12-8-. The molecule has 1 fully saturated rings. The van der Waals surface area contributed by atoms with Crippen molar-refractivity contribution in [2.75, 3.05) is 4.90 Å². The van der Waals surface area contributed by atoms with Crippen LogP contribution in [-0.2, 0) is 9.59 Å². The SMILES string of the molecule is Cc1cccc(N2C(=O)/C(=C\c3ccc(Cl)s3)C(=O)NC2=S)c1C. The lowest BCUT2D eigenvalue weighted by Crippen LogP contribution is -2.54. The smallest absolute Gasteiger partial charge is 0.270 e. The van der Waals surface area contributed by atoms with E-state index in [0.29, 0.717) is 10.0 Å². The van der Waals surface area contributed by atoms with Crippen LogP contribution in [0.25, 0.3) is 6.08 Å². The molecule has 1 aromatic carbocycles. The number of nitrogens with one attached hydrogen (secondary N) is 1. The minimum Gasteiger partial charge on any atom is -0.298 e. The predicted molar refractivity (Wildman–Crippen MR) is 101 cm³/mol. The van der Waals surface area contributed by atoms with Crippen molar-refractivity contribution >= 4 is 63.8 Å². The fraction of sp³-hybridized carbons (Fsp3) is 0.118. The van der Waals surface area contributed by atoms with Crippen molar-refractivity contribution in [2.45, 2.75) is 13.8 Å². The lowest BCUT2D eigenvalue weighted by molar-refractivity contribution is -0.122. The third-order valence-corrected chi connectivity index (χ3v) is 5.26. The Kier molecular flexibility index (Phi) is 4.54. The van der Waals surface area contributed by atoms with Gasteiger partial charge in [-0.05, 0) is 61.5 Å². The van der Waals surface area contributed by atoms with Crippen LogP contribution in [0.2, 0.25) is 4.34 Å². The number of rotatable bonds is 2. The number of anilines is 1. The topological polar surface area (TPSA) is 49.4 Å². The molecule has 0 spiro atoms. The molecule has 3 rings (SSSR count). The van der Waals surface area contributed by atoms with Crippen molar-refractivity contribution in [3.63, 3.8) is 0 Å². The molecule has 2 amide bonds. The van der Waals surface area contributed by atoms with Gasteiger partial charge < -0.3 is 0 Å². The lowest BCUT2D eigenvalue weighted by atomic mass is 10.1. The van der Waals surface area contributed by atoms with Gasteiger partial charge in [0.25, 0.3) is 11.8 Å². The monoisotopic (exact) mass is 376 g/mol. The second-order valence-corrected chi connectivity index (χ2v) is 7.45. The molecule has 4 nitrogen and oxygen atoms in total. The number of carbonyl (C=O) groups excluding carboxylic acids is 2. The Balaban J connectivity index is 2.06.